The molecule has 6 nitrogen and oxygen atoms in total. The number of carbonyl (C=O) groups excluding carboxylic acids is 1. The first-order chi connectivity index (χ1) is 12.1. The number of para-hydroxylation sites is 1. The number of halogens is 1. The number of nitrogens with zero attached hydrogens (tertiary/aromatic N) is 2. The largest absolute Gasteiger partial charge is 0.366 e. The Hall–Kier alpha value is -2.60. The first-order valence-corrected chi connectivity index (χ1v) is 8.53. The average molecular weight is 360 g/mol. The molecule has 7 heteroatoms. The summed E-state index contributed by atoms with van der Waals surface area (Å²) in [6.45, 7) is 1.60. The van der Waals surface area contributed by atoms with Gasteiger partial charge in [-0.2, -0.15) is 0 Å². The second-order valence-corrected chi connectivity index (χ2v) is 6.35. The minimum Gasteiger partial charge on any atom is -0.366 e. The summed E-state index contributed by atoms with van der Waals surface area (Å²) in [6, 6.07) is 11.5. The molecule has 2 aromatic rings. The lowest BCUT2D eigenvalue weighted by Gasteiger charge is -2.28. The topological polar surface area (TPSA) is 75.5 Å². The van der Waals surface area contributed by atoms with Crippen molar-refractivity contribution in [1.29, 1.82) is 0 Å². The molecular weight excluding hydrogens is 342 g/mol. The van der Waals surface area contributed by atoms with E-state index in [1.54, 1.807) is 36.4 Å². The Bertz CT molecular complexity index is 804. The van der Waals surface area contributed by atoms with Crippen molar-refractivity contribution in [1.82, 2.24) is 0 Å². The van der Waals surface area contributed by atoms with Crippen molar-refractivity contribution < 1.29 is 9.72 Å². The van der Waals surface area contributed by atoms with Crippen molar-refractivity contribution in [2.45, 2.75) is 19.3 Å². The summed E-state index contributed by atoms with van der Waals surface area (Å²) in [5, 5.41) is 14.6. The lowest BCUT2D eigenvalue weighted by molar-refractivity contribution is -0.384. The Kier molecular flexibility index (Phi) is 5.19. The highest BCUT2D eigenvalue weighted by molar-refractivity contribution is 6.33. The van der Waals surface area contributed by atoms with Gasteiger partial charge in [-0.05, 0) is 43.5 Å². The van der Waals surface area contributed by atoms with Crippen LogP contribution >= 0.6 is 11.6 Å². The van der Waals surface area contributed by atoms with Crippen LogP contribution in [0.5, 0.6) is 0 Å². The normalized spacial score (nSPS) is 14.2. The van der Waals surface area contributed by atoms with Crippen molar-refractivity contribution >= 4 is 34.6 Å². The van der Waals surface area contributed by atoms with E-state index in [4.69, 9.17) is 11.6 Å². The van der Waals surface area contributed by atoms with Gasteiger partial charge in [-0.25, -0.2) is 0 Å². The molecule has 1 saturated heterocycles. The number of carbonyl (C=O) groups is 1. The third-order valence-electron chi connectivity index (χ3n) is 4.25. The molecule has 1 aliphatic rings. The number of piperidine rings is 1. The molecule has 1 heterocycles. The van der Waals surface area contributed by atoms with Gasteiger partial charge < -0.3 is 10.2 Å². The summed E-state index contributed by atoms with van der Waals surface area (Å²) in [5.74, 6) is -0.429. The molecule has 130 valence electrons. The zero-order valence-corrected chi connectivity index (χ0v) is 14.3. The van der Waals surface area contributed by atoms with Crippen molar-refractivity contribution in [2.75, 3.05) is 23.3 Å². The number of hydrogen-bond donors (Lipinski definition) is 1. The number of amides is 1. The third-order valence-corrected chi connectivity index (χ3v) is 4.58. The number of rotatable bonds is 4. The van der Waals surface area contributed by atoms with Crippen LogP contribution in [-0.4, -0.2) is 23.9 Å². The molecule has 1 aliphatic heterocycles. The van der Waals surface area contributed by atoms with E-state index in [0.717, 1.165) is 32.4 Å². The van der Waals surface area contributed by atoms with Gasteiger partial charge in [0.2, 0.25) is 0 Å². The molecule has 1 N–H and O–H groups in total. The van der Waals surface area contributed by atoms with Gasteiger partial charge in [-0.15, -0.1) is 0 Å². The Morgan fingerprint density at radius 3 is 2.52 bits per heavy atom. The van der Waals surface area contributed by atoms with E-state index >= 15 is 0 Å². The Labute approximate surface area is 150 Å². The SMILES string of the molecule is O=C(Nc1ccccc1Cl)c1ccc(N2CCCCC2)c([N+](=O)[O-])c1. The van der Waals surface area contributed by atoms with Crippen molar-refractivity contribution in [2.24, 2.45) is 0 Å². The lowest BCUT2D eigenvalue weighted by Crippen LogP contribution is -2.30. The fourth-order valence-electron chi connectivity index (χ4n) is 2.97. The maximum atomic E-state index is 12.4. The molecule has 0 unspecified atom stereocenters. The predicted molar refractivity (Wildman–Crippen MR) is 98.6 cm³/mol. The molecule has 0 saturated carbocycles. The molecule has 0 spiro atoms. The van der Waals surface area contributed by atoms with Gasteiger partial charge in [0.25, 0.3) is 11.6 Å². The van der Waals surface area contributed by atoms with Gasteiger partial charge in [0.15, 0.2) is 0 Å². The van der Waals surface area contributed by atoms with Crippen LogP contribution < -0.4 is 10.2 Å². The van der Waals surface area contributed by atoms with Crippen LogP contribution in [0.2, 0.25) is 5.02 Å². The van der Waals surface area contributed by atoms with E-state index in [1.165, 1.54) is 6.07 Å². The van der Waals surface area contributed by atoms with Crippen LogP contribution in [0.4, 0.5) is 17.1 Å². The number of hydrogen-bond acceptors (Lipinski definition) is 4. The van der Waals surface area contributed by atoms with Crippen LogP contribution in [0, 0.1) is 10.1 Å². The molecule has 1 amide bonds. The van der Waals surface area contributed by atoms with Gasteiger partial charge in [0.05, 0.1) is 15.6 Å². The second-order valence-electron chi connectivity index (χ2n) is 5.94. The van der Waals surface area contributed by atoms with Gasteiger partial charge in [0, 0.05) is 24.7 Å². The van der Waals surface area contributed by atoms with E-state index in [2.05, 4.69) is 5.32 Å². The summed E-state index contributed by atoms with van der Waals surface area (Å²) in [6.07, 6.45) is 3.18. The van der Waals surface area contributed by atoms with Crippen LogP contribution in [0.3, 0.4) is 0 Å². The zero-order chi connectivity index (χ0) is 17.8. The molecular formula is C18H18ClN3O3. The molecule has 3 rings (SSSR count). The van der Waals surface area contributed by atoms with Crippen LogP contribution in [0.25, 0.3) is 0 Å². The standard InChI is InChI=1S/C18H18ClN3O3/c19-14-6-2-3-7-15(14)20-18(23)13-8-9-16(17(12-13)22(24)25)21-10-4-1-5-11-21/h2-3,6-9,12H,1,4-5,10-11H2,(H,20,23). The molecule has 0 radical (unpaired) electrons. The maximum absolute atomic E-state index is 12.4. The van der Waals surface area contributed by atoms with E-state index < -0.39 is 10.8 Å². The highest BCUT2D eigenvalue weighted by atomic mass is 35.5. The number of benzene rings is 2. The Balaban J connectivity index is 1.87. The fraction of sp³-hybridized carbons (Fsp3) is 0.278. The summed E-state index contributed by atoms with van der Waals surface area (Å²) in [5.41, 5.74) is 1.22. The van der Waals surface area contributed by atoms with Gasteiger partial charge in [-0.3, -0.25) is 14.9 Å². The fourth-order valence-corrected chi connectivity index (χ4v) is 3.15. The highest BCUT2D eigenvalue weighted by Gasteiger charge is 2.23. The van der Waals surface area contributed by atoms with Crippen molar-refractivity contribution in [3.05, 3.63) is 63.2 Å². The zero-order valence-electron chi connectivity index (χ0n) is 13.6. The molecule has 0 atom stereocenters. The quantitative estimate of drug-likeness (QED) is 0.644. The van der Waals surface area contributed by atoms with Crippen LogP contribution in [0.15, 0.2) is 42.5 Å². The smallest absolute Gasteiger partial charge is 0.293 e. The first kappa shape index (κ1) is 17.2. The molecule has 0 aromatic heterocycles. The van der Waals surface area contributed by atoms with Gasteiger partial charge >= 0.3 is 0 Å². The van der Waals surface area contributed by atoms with E-state index in [0.29, 0.717) is 16.4 Å². The summed E-state index contributed by atoms with van der Waals surface area (Å²) >= 11 is 6.03. The van der Waals surface area contributed by atoms with Crippen molar-refractivity contribution in [3.8, 4) is 0 Å². The first-order valence-electron chi connectivity index (χ1n) is 8.15. The molecule has 0 bridgehead atoms. The van der Waals surface area contributed by atoms with Crippen LogP contribution in [-0.2, 0) is 0 Å². The Morgan fingerprint density at radius 1 is 1.12 bits per heavy atom. The minimum atomic E-state index is -0.434. The second kappa shape index (κ2) is 7.53. The monoisotopic (exact) mass is 359 g/mol. The Morgan fingerprint density at radius 2 is 1.84 bits per heavy atom. The maximum Gasteiger partial charge on any atom is 0.293 e. The summed E-state index contributed by atoms with van der Waals surface area (Å²) in [4.78, 5) is 25.5. The van der Waals surface area contributed by atoms with E-state index in [1.807, 2.05) is 4.90 Å². The lowest BCUT2D eigenvalue weighted by atomic mass is 10.1. The molecule has 2 aromatic carbocycles. The number of nitrogens with one attached hydrogen (secondary N) is 1. The van der Waals surface area contributed by atoms with Gasteiger partial charge in [0.1, 0.15) is 5.69 Å². The summed E-state index contributed by atoms with van der Waals surface area (Å²) < 4.78 is 0. The van der Waals surface area contributed by atoms with Gasteiger partial charge in [-0.1, -0.05) is 23.7 Å². The molecule has 0 aliphatic carbocycles. The number of nitro groups is 1. The van der Waals surface area contributed by atoms with Crippen LogP contribution in [0.1, 0.15) is 29.6 Å². The van der Waals surface area contributed by atoms with Crippen molar-refractivity contribution in [3.63, 3.8) is 0 Å². The number of nitro benzene ring substituents is 1. The number of anilines is 2. The molecule has 25 heavy (non-hydrogen) atoms. The van der Waals surface area contributed by atoms with E-state index in [-0.39, 0.29) is 11.3 Å². The third kappa shape index (κ3) is 3.91. The minimum absolute atomic E-state index is 0.0475. The predicted octanol–water partition coefficient (Wildman–Crippen LogP) is 4.49. The highest BCUT2D eigenvalue weighted by Crippen LogP contribution is 2.31. The van der Waals surface area contributed by atoms with E-state index in [9.17, 15) is 14.9 Å². The average Bonchev–Trinajstić information content (AvgIpc) is 2.63. The molecule has 1 fully saturated rings. The summed E-state index contributed by atoms with van der Waals surface area (Å²) in [7, 11) is 0.